The fraction of sp³-hybridized carbons (Fsp3) is 0.744. The van der Waals surface area contributed by atoms with Crippen LogP contribution in [0.25, 0.3) is 11.3 Å². The molecule has 3 heterocycles. The third-order valence-electron chi connectivity index (χ3n) is 12.4. The number of nitrogens with two attached hydrogens (primary N) is 1. The second-order valence-corrected chi connectivity index (χ2v) is 16.8. The number of ether oxygens (including phenoxy) is 5. The van der Waals surface area contributed by atoms with Crippen LogP contribution in [-0.4, -0.2) is 131 Å². The number of cyclic esters (lactones) is 1. The molecule has 0 spiro atoms. The van der Waals surface area contributed by atoms with Crippen molar-refractivity contribution in [3.05, 3.63) is 30.5 Å². The van der Waals surface area contributed by atoms with E-state index in [2.05, 4.69) is 27.9 Å². The smallest absolute Gasteiger partial charge is 0.410 e. The van der Waals surface area contributed by atoms with Crippen molar-refractivity contribution in [2.24, 2.45) is 17.8 Å². The molecule has 5 N–H and O–H groups in total. The maximum absolute atomic E-state index is 14.4. The van der Waals surface area contributed by atoms with E-state index in [1.807, 2.05) is 72.0 Å². The molecule has 2 unspecified atom stereocenters. The number of aromatic nitrogens is 3. The number of benzene rings is 1. The molecule has 2 aromatic rings. The molecule has 0 bridgehead atoms. The normalized spacial score (nSPS) is 31.4. The zero-order chi connectivity index (χ0) is 43.7. The number of carbonyl (C=O) groups excluding carboxylic acids is 3. The summed E-state index contributed by atoms with van der Waals surface area (Å²) in [7, 11) is 3.34. The van der Waals surface area contributed by atoms with Crippen LogP contribution >= 0.6 is 0 Å². The number of aryl methyl sites for hydroxylation is 1. The summed E-state index contributed by atoms with van der Waals surface area (Å²) >= 11 is 0. The molecule has 1 amide bonds. The number of carbonyl (C=O) groups is 3. The molecule has 2 aliphatic heterocycles. The van der Waals surface area contributed by atoms with E-state index >= 15 is 0 Å². The van der Waals surface area contributed by atoms with Gasteiger partial charge in [-0.3, -0.25) is 19.2 Å². The van der Waals surface area contributed by atoms with Gasteiger partial charge in [-0.2, -0.15) is 0 Å². The van der Waals surface area contributed by atoms with Gasteiger partial charge in [-0.25, -0.2) is 4.79 Å². The lowest BCUT2D eigenvalue weighted by Crippen LogP contribution is -2.61. The molecular weight excluding hydrogens is 759 g/mol. The van der Waals surface area contributed by atoms with Crippen LogP contribution in [-0.2, 0) is 39.8 Å². The molecule has 16 heteroatoms. The van der Waals surface area contributed by atoms with Gasteiger partial charge >= 0.3 is 12.1 Å². The predicted octanol–water partition coefficient (Wildman–Crippen LogP) is 4.58. The van der Waals surface area contributed by atoms with Crippen LogP contribution in [0.15, 0.2) is 30.5 Å². The Kier molecular flexibility index (Phi) is 17.3. The molecule has 0 radical (unpaired) electrons. The number of likely N-dealkylation sites (N-methyl/N-ethyl adjacent to an activating group) is 1. The molecule has 16 nitrogen and oxygen atoms in total. The number of ketones is 1. The standard InChI is InChI=1S/C43H71N7O9/c1-12-32(45-10)36(52)40(56-14-3)58-38-27(5)35(51)28(6)39(53)57-34(13-2)43(9)37(29(7)46-24-26(4)23-42(38,8)55-11)50(41(54)59-43)21-16-15-20-49-25-33(47-48-49)30-18-17-19-31(44)22-30/h17-19,22,25-29,32,34,36-38,40,45-46,52H,12-16,20-21,23-24,44H2,1-11H3/t26-,27+,28-,29-,32?,34-,36?,37-,38-,40+,42-,43-/m1/s1. The Labute approximate surface area is 350 Å². The maximum atomic E-state index is 14.4. The quantitative estimate of drug-likeness (QED) is 0.0602. The van der Waals surface area contributed by atoms with Crippen molar-refractivity contribution >= 4 is 23.5 Å². The first-order valence-corrected chi connectivity index (χ1v) is 21.4. The van der Waals surface area contributed by atoms with E-state index in [0.29, 0.717) is 57.4 Å². The highest BCUT2D eigenvalue weighted by atomic mass is 16.7. The fourth-order valence-electron chi connectivity index (χ4n) is 8.99. The van der Waals surface area contributed by atoms with E-state index in [4.69, 9.17) is 29.4 Å². The van der Waals surface area contributed by atoms with Gasteiger partial charge in [0.25, 0.3) is 0 Å². The van der Waals surface area contributed by atoms with Crippen molar-refractivity contribution in [1.29, 1.82) is 0 Å². The first-order valence-electron chi connectivity index (χ1n) is 21.4. The number of nitrogen functional groups attached to an aromatic ring is 1. The molecule has 2 fully saturated rings. The van der Waals surface area contributed by atoms with Gasteiger partial charge in [0.2, 0.25) is 0 Å². The number of amides is 1. The van der Waals surface area contributed by atoms with Gasteiger partial charge in [0.05, 0.1) is 23.9 Å². The number of aliphatic hydroxyl groups is 1. The van der Waals surface area contributed by atoms with Crippen LogP contribution < -0.4 is 16.4 Å². The molecular formula is C43H71N7O9. The Morgan fingerprint density at radius 3 is 2.44 bits per heavy atom. The molecule has 12 atom stereocenters. The number of rotatable bonds is 16. The highest BCUT2D eigenvalue weighted by molar-refractivity contribution is 6.00. The third-order valence-corrected chi connectivity index (χ3v) is 12.4. The van der Waals surface area contributed by atoms with Gasteiger partial charge in [-0.15, -0.1) is 5.10 Å². The van der Waals surface area contributed by atoms with Crippen LogP contribution in [0.3, 0.4) is 0 Å². The van der Waals surface area contributed by atoms with Crippen LogP contribution in [0.5, 0.6) is 0 Å². The second kappa shape index (κ2) is 21.2. The third kappa shape index (κ3) is 11.2. The van der Waals surface area contributed by atoms with E-state index in [-0.39, 0.29) is 24.6 Å². The fourth-order valence-corrected chi connectivity index (χ4v) is 8.99. The Morgan fingerprint density at radius 1 is 1.10 bits per heavy atom. The first kappa shape index (κ1) is 48.0. The summed E-state index contributed by atoms with van der Waals surface area (Å²) in [5.41, 5.74) is 5.93. The minimum Gasteiger partial charge on any atom is -0.458 e. The van der Waals surface area contributed by atoms with Gasteiger partial charge < -0.3 is 45.2 Å². The minimum absolute atomic E-state index is 0.0213. The van der Waals surface area contributed by atoms with Crippen LogP contribution in [0.1, 0.15) is 94.4 Å². The number of fused-ring (bicyclic) bond motifs is 1. The second-order valence-electron chi connectivity index (χ2n) is 16.8. The molecule has 1 aromatic heterocycles. The Balaban J connectivity index is 1.60. The lowest BCUT2D eigenvalue weighted by atomic mass is 9.78. The van der Waals surface area contributed by atoms with Crippen molar-refractivity contribution in [1.82, 2.24) is 30.5 Å². The summed E-state index contributed by atoms with van der Waals surface area (Å²) in [5.74, 6) is -3.21. The maximum Gasteiger partial charge on any atom is 0.410 e. The summed E-state index contributed by atoms with van der Waals surface area (Å²) in [4.78, 5) is 43.9. The Hall–Kier alpha value is -3.67. The number of nitrogens with one attached hydrogen (secondary N) is 2. The van der Waals surface area contributed by atoms with Crippen molar-refractivity contribution < 1.29 is 43.2 Å². The van der Waals surface area contributed by atoms with Gasteiger partial charge in [0.15, 0.2) is 17.7 Å². The van der Waals surface area contributed by atoms with E-state index < -0.39 is 71.5 Å². The number of Topliss-reactive ketones (excluding diaryl/α,β-unsaturated/α-hetero) is 1. The summed E-state index contributed by atoms with van der Waals surface area (Å²) in [5, 5.41) is 26.8. The Bertz CT molecular complexity index is 1670. The molecule has 1 aromatic carbocycles. The van der Waals surface area contributed by atoms with Gasteiger partial charge in [-0.1, -0.05) is 45.0 Å². The molecule has 0 aliphatic carbocycles. The molecule has 2 saturated heterocycles. The lowest BCUT2D eigenvalue weighted by molar-refractivity contribution is -0.262. The molecule has 59 heavy (non-hydrogen) atoms. The van der Waals surface area contributed by atoms with Crippen molar-refractivity contribution in [3.63, 3.8) is 0 Å². The summed E-state index contributed by atoms with van der Waals surface area (Å²) in [6.07, 6.45) is 0.233. The number of nitrogens with zero attached hydrogens (tertiary/aromatic N) is 4. The monoisotopic (exact) mass is 830 g/mol. The first-order chi connectivity index (χ1) is 28.0. The molecule has 332 valence electrons. The lowest BCUT2D eigenvalue weighted by Gasteiger charge is -2.43. The van der Waals surface area contributed by atoms with Gasteiger partial charge in [-0.05, 0) is 98.4 Å². The van der Waals surface area contributed by atoms with Crippen molar-refractivity contribution in [2.45, 2.75) is 155 Å². The van der Waals surface area contributed by atoms with Crippen LogP contribution in [0.4, 0.5) is 10.5 Å². The van der Waals surface area contributed by atoms with E-state index in [1.165, 1.54) is 6.92 Å². The van der Waals surface area contributed by atoms with Crippen LogP contribution in [0.2, 0.25) is 0 Å². The average Bonchev–Trinajstić information content (AvgIpc) is 3.79. The molecule has 4 rings (SSSR count). The zero-order valence-corrected chi connectivity index (χ0v) is 37.1. The minimum atomic E-state index is -1.24. The highest BCUT2D eigenvalue weighted by Crippen LogP contribution is 2.40. The largest absolute Gasteiger partial charge is 0.458 e. The van der Waals surface area contributed by atoms with Crippen molar-refractivity contribution in [2.75, 3.05) is 39.6 Å². The van der Waals surface area contributed by atoms with Gasteiger partial charge in [0.1, 0.15) is 23.8 Å². The molecule has 2 aliphatic rings. The number of unbranched alkanes of at least 4 members (excludes halogenated alkanes) is 1. The van der Waals surface area contributed by atoms with Crippen LogP contribution in [0, 0.1) is 17.8 Å². The highest BCUT2D eigenvalue weighted by Gasteiger charge is 2.58. The van der Waals surface area contributed by atoms with E-state index in [1.54, 1.807) is 30.7 Å². The predicted molar refractivity (Wildman–Crippen MR) is 224 cm³/mol. The van der Waals surface area contributed by atoms with Crippen molar-refractivity contribution in [3.8, 4) is 11.3 Å². The molecule has 0 saturated carbocycles. The number of hydrogen-bond donors (Lipinski definition) is 4. The van der Waals surface area contributed by atoms with E-state index in [9.17, 15) is 19.5 Å². The number of hydrogen-bond acceptors (Lipinski definition) is 14. The summed E-state index contributed by atoms with van der Waals surface area (Å²) < 4.78 is 33.0. The number of aliphatic hydroxyl groups excluding tert-OH is 1. The number of esters is 1. The summed E-state index contributed by atoms with van der Waals surface area (Å²) in [6, 6.07) is 6.33. The number of anilines is 1. The van der Waals surface area contributed by atoms with E-state index in [0.717, 1.165) is 11.3 Å². The number of methoxy groups -OCH3 is 1. The SMILES string of the molecule is CCO[C@@H](O[C@@H]1[C@@H](C)C(=O)[C@@H](C)C(=O)O[C@H](CC)[C@@]2(C)OC(=O)N(CCCCn3cc(-c4cccc(N)c4)nn3)[C@@H]2[C@@H](C)NC[C@H](C)C[C@@]1(C)OC)C(O)C(CC)NC. The average molecular weight is 830 g/mol. The Morgan fingerprint density at radius 2 is 1.81 bits per heavy atom. The topological polar surface area (TPSA) is 202 Å². The zero-order valence-electron chi connectivity index (χ0n) is 37.1. The summed E-state index contributed by atoms with van der Waals surface area (Å²) in [6.45, 7) is 18.5. The van der Waals surface area contributed by atoms with Gasteiger partial charge in [0, 0.05) is 56.1 Å².